The zero-order chi connectivity index (χ0) is 17.5. The minimum Gasteiger partial charge on any atom is -0.327 e. The maximum Gasteiger partial charge on any atom is 0.0178 e. The molecule has 0 spiro atoms. The van der Waals surface area contributed by atoms with Gasteiger partial charge in [-0.3, -0.25) is 0 Å². The smallest absolute Gasteiger partial charge is 0.0178 e. The van der Waals surface area contributed by atoms with Gasteiger partial charge in [0.25, 0.3) is 0 Å². The van der Waals surface area contributed by atoms with Crippen LogP contribution in [-0.2, 0) is 13.0 Å². The molecule has 1 unspecified atom stereocenters. The highest BCUT2D eigenvalue weighted by Gasteiger charge is 2.18. The molecular weight excluding hydrogens is 304 g/mol. The molecule has 3 aromatic carbocycles. The summed E-state index contributed by atoms with van der Waals surface area (Å²) in [7, 11) is 0. The molecule has 0 saturated carbocycles. The Hall–Kier alpha value is -2.42. The standard InChI is InChI=1S/C23H26N2/c24-17-19-13-11-18(12-14-19)15-22(25)16-23(20-7-3-1-4-8-20)21-9-5-2-6-10-21/h1-14,22-23H,15-17,24-25H2. The van der Waals surface area contributed by atoms with Gasteiger partial charge in [0.2, 0.25) is 0 Å². The zero-order valence-corrected chi connectivity index (χ0v) is 14.5. The van der Waals surface area contributed by atoms with Crippen molar-refractivity contribution in [3.63, 3.8) is 0 Å². The van der Waals surface area contributed by atoms with Crippen LogP contribution in [-0.4, -0.2) is 6.04 Å². The molecule has 0 radical (unpaired) electrons. The SMILES string of the molecule is NCc1ccc(CC(N)CC(c2ccccc2)c2ccccc2)cc1. The molecule has 25 heavy (non-hydrogen) atoms. The van der Waals surface area contributed by atoms with Crippen LogP contribution in [0.4, 0.5) is 0 Å². The van der Waals surface area contributed by atoms with Gasteiger partial charge in [-0.1, -0.05) is 84.9 Å². The number of benzene rings is 3. The first-order valence-electron chi connectivity index (χ1n) is 8.89. The predicted octanol–water partition coefficient (Wildman–Crippen LogP) is 4.24. The molecule has 2 heteroatoms. The van der Waals surface area contributed by atoms with E-state index in [1.54, 1.807) is 0 Å². The summed E-state index contributed by atoms with van der Waals surface area (Å²) >= 11 is 0. The van der Waals surface area contributed by atoms with Crippen LogP contribution in [0.3, 0.4) is 0 Å². The van der Waals surface area contributed by atoms with Crippen molar-refractivity contribution in [2.75, 3.05) is 0 Å². The minimum absolute atomic E-state index is 0.106. The van der Waals surface area contributed by atoms with Gasteiger partial charge in [-0.2, -0.15) is 0 Å². The minimum atomic E-state index is 0.106. The maximum absolute atomic E-state index is 6.53. The molecule has 0 amide bonds. The Balaban J connectivity index is 1.75. The van der Waals surface area contributed by atoms with E-state index in [9.17, 15) is 0 Å². The van der Waals surface area contributed by atoms with Crippen LogP contribution < -0.4 is 11.5 Å². The summed E-state index contributed by atoms with van der Waals surface area (Å²) in [5, 5.41) is 0. The van der Waals surface area contributed by atoms with Gasteiger partial charge < -0.3 is 11.5 Å². The van der Waals surface area contributed by atoms with E-state index in [1.807, 2.05) is 0 Å². The molecule has 0 aromatic heterocycles. The first-order chi connectivity index (χ1) is 12.3. The monoisotopic (exact) mass is 330 g/mol. The van der Waals surface area contributed by atoms with Gasteiger partial charge in [0.15, 0.2) is 0 Å². The molecule has 1 atom stereocenters. The second-order valence-corrected chi connectivity index (χ2v) is 6.59. The summed E-state index contributed by atoms with van der Waals surface area (Å²) in [5.41, 5.74) is 17.3. The van der Waals surface area contributed by atoms with Crippen LogP contribution in [0.5, 0.6) is 0 Å². The summed E-state index contributed by atoms with van der Waals surface area (Å²) in [4.78, 5) is 0. The highest BCUT2D eigenvalue weighted by Crippen LogP contribution is 2.29. The third-order valence-electron chi connectivity index (χ3n) is 4.70. The molecule has 0 aliphatic carbocycles. The summed E-state index contributed by atoms with van der Waals surface area (Å²) in [6, 6.07) is 29.9. The molecular formula is C23H26N2. The van der Waals surface area contributed by atoms with Gasteiger partial charge in [-0.15, -0.1) is 0 Å². The summed E-state index contributed by atoms with van der Waals surface area (Å²) in [6.45, 7) is 0.580. The van der Waals surface area contributed by atoms with E-state index in [1.165, 1.54) is 16.7 Å². The normalized spacial score (nSPS) is 12.3. The fourth-order valence-corrected chi connectivity index (χ4v) is 3.34. The van der Waals surface area contributed by atoms with E-state index in [2.05, 4.69) is 84.9 Å². The lowest BCUT2D eigenvalue weighted by atomic mass is 9.85. The lowest BCUT2D eigenvalue weighted by Gasteiger charge is -2.22. The van der Waals surface area contributed by atoms with Gasteiger partial charge >= 0.3 is 0 Å². The van der Waals surface area contributed by atoms with E-state index >= 15 is 0 Å². The Morgan fingerprint density at radius 3 is 1.60 bits per heavy atom. The van der Waals surface area contributed by atoms with Crippen LogP contribution in [0.2, 0.25) is 0 Å². The molecule has 3 aromatic rings. The average molecular weight is 330 g/mol. The summed E-state index contributed by atoms with van der Waals surface area (Å²) in [5.74, 6) is 0.320. The maximum atomic E-state index is 6.53. The van der Waals surface area contributed by atoms with Gasteiger partial charge in [-0.25, -0.2) is 0 Å². The lowest BCUT2D eigenvalue weighted by molar-refractivity contribution is 0.566. The van der Waals surface area contributed by atoms with Crippen molar-refractivity contribution >= 4 is 0 Å². The molecule has 0 saturated heterocycles. The Kier molecular flexibility index (Phi) is 5.99. The van der Waals surface area contributed by atoms with Crippen molar-refractivity contribution in [2.24, 2.45) is 11.5 Å². The second kappa shape index (κ2) is 8.61. The number of rotatable bonds is 7. The van der Waals surface area contributed by atoms with Gasteiger partial charge in [-0.05, 0) is 35.1 Å². The number of hydrogen-bond donors (Lipinski definition) is 2. The van der Waals surface area contributed by atoms with Gasteiger partial charge in [0.05, 0.1) is 0 Å². The molecule has 0 aliphatic heterocycles. The zero-order valence-electron chi connectivity index (χ0n) is 14.5. The second-order valence-electron chi connectivity index (χ2n) is 6.59. The molecule has 2 nitrogen and oxygen atoms in total. The third kappa shape index (κ3) is 4.79. The summed E-state index contributed by atoms with van der Waals surface area (Å²) < 4.78 is 0. The fraction of sp³-hybridized carbons (Fsp3) is 0.217. The van der Waals surface area contributed by atoms with Crippen molar-refractivity contribution in [3.05, 3.63) is 107 Å². The topological polar surface area (TPSA) is 52.0 Å². The molecule has 0 aliphatic rings. The Morgan fingerprint density at radius 2 is 1.12 bits per heavy atom. The van der Waals surface area contributed by atoms with E-state index in [0.717, 1.165) is 18.4 Å². The van der Waals surface area contributed by atoms with Crippen LogP contribution in [0.15, 0.2) is 84.9 Å². The van der Waals surface area contributed by atoms with Crippen molar-refractivity contribution in [1.29, 1.82) is 0 Å². The number of hydrogen-bond acceptors (Lipinski definition) is 2. The van der Waals surface area contributed by atoms with Crippen LogP contribution in [0, 0.1) is 0 Å². The van der Waals surface area contributed by atoms with E-state index in [4.69, 9.17) is 11.5 Å². The molecule has 0 fully saturated rings. The molecule has 128 valence electrons. The van der Waals surface area contributed by atoms with Crippen molar-refractivity contribution in [3.8, 4) is 0 Å². The molecule has 0 bridgehead atoms. The third-order valence-corrected chi connectivity index (χ3v) is 4.70. The fourth-order valence-electron chi connectivity index (χ4n) is 3.34. The van der Waals surface area contributed by atoms with E-state index in [0.29, 0.717) is 12.5 Å². The van der Waals surface area contributed by atoms with Crippen LogP contribution >= 0.6 is 0 Å². The quantitative estimate of drug-likeness (QED) is 0.681. The van der Waals surface area contributed by atoms with Gasteiger partial charge in [0.1, 0.15) is 0 Å². The Bertz CT molecular complexity index is 712. The van der Waals surface area contributed by atoms with Crippen LogP contribution in [0.25, 0.3) is 0 Å². The van der Waals surface area contributed by atoms with Crippen LogP contribution in [0.1, 0.15) is 34.6 Å². The van der Waals surface area contributed by atoms with Crippen molar-refractivity contribution in [2.45, 2.75) is 31.3 Å². The Labute approximate surface area is 150 Å². The lowest BCUT2D eigenvalue weighted by Crippen LogP contribution is -2.26. The number of nitrogens with two attached hydrogens (primary N) is 2. The average Bonchev–Trinajstić information content (AvgIpc) is 2.68. The van der Waals surface area contributed by atoms with E-state index < -0.39 is 0 Å². The largest absolute Gasteiger partial charge is 0.327 e. The molecule has 4 N–H and O–H groups in total. The van der Waals surface area contributed by atoms with E-state index in [-0.39, 0.29) is 6.04 Å². The Morgan fingerprint density at radius 1 is 0.640 bits per heavy atom. The van der Waals surface area contributed by atoms with Gasteiger partial charge in [0, 0.05) is 18.5 Å². The predicted molar refractivity (Wildman–Crippen MR) is 105 cm³/mol. The molecule has 0 heterocycles. The first-order valence-corrected chi connectivity index (χ1v) is 8.89. The van der Waals surface area contributed by atoms with Crippen molar-refractivity contribution in [1.82, 2.24) is 0 Å². The van der Waals surface area contributed by atoms with Crippen molar-refractivity contribution < 1.29 is 0 Å². The first kappa shape index (κ1) is 17.4. The summed E-state index contributed by atoms with van der Waals surface area (Å²) in [6.07, 6.45) is 1.80. The highest BCUT2D eigenvalue weighted by molar-refractivity contribution is 5.33. The highest BCUT2D eigenvalue weighted by atomic mass is 14.6. The molecule has 3 rings (SSSR count).